The van der Waals surface area contributed by atoms with Gasteiger partial charge in [-0.1, -0.05) is 31.0 Å². The second-order valence-corrected chi connectivity index (χ2v) is 7.34. The fraction of sp³-hybridized carbons (Fsp3) is 0.318. The van der Waals surface area contributed by atoms with Crippen LogP contribution < -0.4 is 15.4 Å². The largest absolute Gasteiger partial charge is 0.573 e. The van der Waals surface area contributed by atoms with Crippen LogP contribution in [-0.4, -0.2) is 27.4 Å². The Bertz CT molecular complexity index is 1010. The molecule has 2 heterocycles. The zero-order valence-electron chi connectivity index (χ0n) is 16.7. The second kappa shape index (κ2) is 9.20. The van der Waals surface area contributed by atoms with Gasteiger partial charge in [-0.3, -0.25) is 4.98 Å². The summed E-state index contributed by atoms with van der Waals surface area (Å²) in [4.78, 5) is 13.4. The monoisotopic (exact) mass is 429 g/mol. The molecule has 0 radical (unpaired) electrons. The standard InChI is InChI=1S/C22H22F3N5O/c23-22(24,25)31-18-10-5-6-15(12-18)19-13-20(27-14-17-9-3-4-11-26-17)30-21(29-19)28-16-7-1-2-8-16/h3-6,9-13,16H,1-2,7-8,14H2,(H2,27,28,29,30). The Morgan fingerprint density at radius 1 is 1.00 bits per heavy atom. The van der Waals surface area contributed by atoms with E-state index in [9.17, 15) is 13.2 Å². The number of anilines is 2. The Labute approximate surface area is 177 Å². The predicted octanol–water partition coefficient (Wildman–Crippen LogP) is 5.40. The van der Waals surface area contributed by atoms with E-state index < -0.39 is 6.36 Å². The molecule has 1 aliphatic rings. The molecule has 0 unspecified atom stereocenters. The van der Waals surface area contributed by atoms with Crippen LogP contribution in [0.25, 0.3) is 11.3 Å². The Morgan fingerprint density at radius 3 is 2.58 bits per heavy atom. The summed E-state index contributed by atoms with van der Waals surface area (Å²) in [5.41, 5.74) is 1.83. The molecule has 0 aliphatic heterocycles. The smallest absolute Gasteiger partial charge is 0.406 e. The molecule has 0 spiro atoms. The van der Waals surface area contributed by atoms with E-state index in [2.05, 4.69) is 30.3 Å². The number of ether oxygens (including phenoxy) is 1. The first-order valence-electron chi connectivity index (χ1n) is 10.1. The minimum Gasteiger partial charge on any atom is -0.406 e. The lowest BCUT2D eigenvalue weighted by atomic mass is 10.1. The highest BCUT2D eigenvalue weighted by Gasteiger charge is 2.31. The number of alkyl halides is 3. The van der Waals surface area contributed by atoms with Crippen molar-refractivity contribution in [2.24, 2.45) is 0 Å². The quantitative estimate of drug-likeness (QED) is 0.524. The van der Waals surface area contributed by atoms with Gasteiger partial charge < -0.3 is 15.4 Å². The molecule has 0 saturated heterocycles. The molecule has 0 atom stereocenters. The van der Waals surface area contributed by atoms with E-state index in [-0.39, 0.29) is 5.75 Å². The zero-order valence-corrected chi connectivity index (χ0v) is 16.7. The number of nitrogens with one attached hydrogen (secondary N) is 2. The first-order valence-corrected chi connectivity index (χ1v) is 10.1. The van der Waals surface area contributed by atoms with Gasteiger partial charge in [-0.2, -0.15) is 4.98 Å². The number of benzene rings is 1. The van der Waals surface area contributed by atoms with Crippen LogP contribution in [0.2, 0.25) is 0 Å². The van der Waals surface area contributed by atoms with Gasteiger partial charge in [-0.15, -0.1) is 13.2 Å². The van der Waals surface area contributed by atoms with Gasteiger partial charge in [0.2, 0.25) is 5.95 Å². The van der Waals surface area contributed by atoms with Crippen molar-refractivity contribution in [2.45, 2.75) is 44.6 Å². The maximum atomic E-state index is 12.6. The molecule has 0 bridgehead atoms. The van der Waals surface area contributed by atoms with E-state index in [0.717, 1.165) is 31.4 Å². The fourth-order valence-electron chi connectivity index (χ4n) is 3.54. The first-order chi connectivity index (χ1) is 14.9. The maximum absolute atomic E-state index is 12.6. The van der Waals surface area contributed by atoms with Gasteiger partial charge in [-0.05, 0) is 37.1 Å². The summed E-state index contributed by atoms with van der Waals surface area (Å²) in [6.45, 7) is 0.456. The molecule has 1 aromatic carbocycles. The lowest BCUT2D eigenvalue weighted by Gasteiger charge is -2.15. The molecule has 3 aromatic rings. The Balaban J connectivity index is 1.61. The third-order valence-corrected chi connectivity index (χ3v) is 4.95. The average Bonchev–Trinajstić information content (AvgIpc) is 3.25. The summed E-state index contributed by atoms with van der Waals surface area (Å²) in [6, 6.07) is 13.4. The van der Waals surface area contributed by atoms with Crippen molar-refractivity contribution in [3.63, 3.8) is 0 Å². The highest BCUT2D eigenvalue weighted by Crippen LogP contribution is 2.29. The van der Waals surface area contributed by atoms with Gasteiger partial charge in [0.25, 0.3) is 0 Å². The number of pyridine rings is 1. The van der Waals surface area contributed by atoms with Crippen molar-refractivity contribution in [3.05, 3.63) is 60.4 Å². The Morgan fingerprint density at radius 2 is 1.84 bits per heavy atom. The third-order valence-electron chi connectivity index (χ3n) is 4.95. The summed E-state index contributed by atoms with van der Waals surface area (Å²) < 4.78 is 41.9. The summed E-state index contributed by atoms with van der Waals surface area (Å²) in [5.74, 6) is 0.699. The van der Waals surface area contributed by atoms with Crippen LogP contribution in [0.5, 0.6) is 5.75 Å². The van der Waals surface area contributed by atoms with E-state index in [1.165, 1.54) is 18.2 Å². The lowest BCUT2D eigenvalue weighted by Crippen LogP contribution is -2.18. The molecule has 162 valence electrons. The molecule has 2 aromatic heterocycles. The minimum atomic E-state index is -4.76. The molecule has 4 rings (SSSR count). The first kappa shape index (κ1) is 20.9. The van der Waals surface area contributed by atoms with Crippen LogP contribution in [0.4, 0.5) is 24.9 Å². The third kappa shape index (κ3) is 6.07. The molecule has 2 N–H and O–H groups in total. The van der Waals surface area contributed by atoms with Gasteiger partial charge >= 0.3 is 6.36 Å². The molecular formula is C22H22F3N5O. The molecule has 1 aliphatic carbocycles. The van der Waals surface area contributed by atoms with E-state index in [4.69, 9.17) is 0 Å². The number of hydrogen-bond donors (Lipinski definition) is 2. The van der Waals surface area contributed by atoms with Crippen molar-refractivity contribution in [2.75, 3.05) is 10.6 Å². The summed E-state index contributed by atoms with van der Waals surface area (Å²) in [6.07, 6.45) is 1.34. The highest BCUT2D eigenvalue weighted by molar-refractivity contribution is 5.66. The summed E-state index contributed by atoms with van der Waals surface area (Å²) in [7, 11) is 0. The number of nitrogens with zero attached hydrogens (tertiary/aromatic N) is 3. The molecule has 1 saturated carbocycles. The van der Waals surface area contributed by atoms with E-state index in [1.54, 1.807) is 18.3 Å². The van der Waals surface area contributed by atoms with Gasteiger partial charge in [0.1, 0.15) is 11.6 Å². The van der Waals surface area contributed by atoms with E-state index in [1.807, 2.05) is 18.2 Å². The topological polar surface area (TPSA) is 72.0 Å². The highest BCUT2D eigenvalue weighted by atomic mass is 19.4. The zero-order chi connectivity index (χ0) is 21.7. The maximum Gasteiger partial charge on any atom is 0.573 e. The predicted molar refractivity (Wildman–Crippen MR) is 112 cm³/mol. The van der Waals surface area contributed by atoms with Crippen molar-refractivity contribution < 1.29 is 17.9 Å². The van der Waals surface area contributed by atoms with Crippen molar-refractivity contribution >= 4 is 11.8 Å². The Kier molecular flexibility index (Phi) is 6.20. The molecule has 6 nitrogen and oxygen atoms in total. The average molecular weight is 429 g/mol. The van der Waals surface area contributed by atoms with Crippen LogP contribution >= 0.6 is 0 Å². The van der Waals surface area contributed by atoms with Crippen molar-refractivity contribution in [3.8, 4) is 17.0 Å². The SMILES string of the molecule is FC(F)(F)Oc1cccc(-c2cc(NCc3ccccn3)nc(NC3CCCC3)n2)c1. The lowest BCUT2D eigenvalue weighted by molar-refractivity contribution is -0.274. The van der Waals surface area contributed by atoms with Crippen molar-refractivity contribution in [1.29, 1.82) is 0 Å². The van der Waals surface area contributed by atoms with E-state index >= 15 is 0 Å². The molecule has 31 heavy (non-hydrogen) atoms. The van der Waals surface area contributed by atoms with Crippen LogP contribution in [0.3, 0.4) is 0 Å². The van der Waals surface area contributed by atoms with E-state index in [0.29, 0.717) is 35.6 Å². The van der Waals surface area contributed by atoms with Gasteiger partial charge in [0.15, 0.2) is 0 Å². The molecular weight excluding hydrogens is 407 g/mol. The number of hydrogen-bond acceptors (Lipinski definition) is 6. The number of halogens is 3. The normalized spacial score (nSPS) is 14.4. The number of aromatic nitrogens is 3. The second-order valence-electron chi connectivity index (χ2n) is 7.34. The van der Waals surface area contributed by atoms with Gasteiger partial charge in [0, 0.05) is 23.9 Å². The van der Waals surface area contributed by atoms with Crippen LogP contribution in [0, 0.1) is 0 Å². The van der Waals surface area contributed by atoms with Crippen LogP contribution in [0.15, 0.2) is 54.7 Å². The molecule has 9 heteroatoms. The number of rotatable bonds is 7. The minimum absolute atomic E-state index is 0.291. The summed E-state index contributed by atoms with van der Waals surface area (Å²) >= 11 is 0. The van der Waals surface area contributed by atoms with Gasteiger partial charge in [-0.25, -0.2) is 4.98 Å². The fourth-order valence-corrected chi connectivity index (χ4v) is 3.54. The van der Waals surface area contributed by atoms with Crippen LogP contribution in [-0.2, 0) is 6.54 Å². The molecule has 0 amide bonds. The molecule has 1 fully saturated rings. The Hall–Kier alpha value is -3.36. The van der Waals surface area contributed by atoms with Crippen molar-refractivity contribution in [1.82, 2.24) is 15.0 Å². The van der Waals surface area contributed by atoms with Crippen LogP contribution in [0.1, 0.15) is 31.4 Å². The van der Waals surface area contributed by atoms with Gasteiger partial charge in [0.05, 0.1) is 17.9 Å². The summed E-state index contributed by atoms with van der Waals surface area (Å²) in [5, 5.41) is 6.58.